The Morgan fingerprint density at radius 1 is 1.14 bits per heavy atom. The van der Waals surface area contributed by atoms with Crippen LogP contribution in [0.4, 0.5) is 24.8 Å². The number of alkyl halides is 3. The zero-order valence-corrected chi connectivity index (χ0v) is 20.9. The van der Waals surface area contributed by atoms with Crippen molar-refractivity contribution in [3.05, 3.63) is 65.7 Å². The Balaban J connectivity index is 1.57. The summed E-state index contributed by atoms with van der Waals surface area (Å²) in [6, 6.07) is 14.2. The number of pyridine rings is 2. The standard InChI is InChI=1S/C26H27F3N4O3S/c1-25(24(35)36)13-5-14-33(16-25)21-8-4-9-22(31-21)37-32-20-11-10-19(26(27,28)29)23(30-20)18-7-3-2-6-17(18)12-15-34/h2-4,6-11,34H,5,12-16H2,1H3,(H,30,32)(H,35,36). The maximum atomic E-state index is 13.8. The summed E-state index contributed by atoms with van der Waals surface area (Å²) >= 11 is 1.10. The highest BCUT2D eigenvalue weighted by molar-refractivity contribution is 8.00. The van der Waals surface area contributed by atoms with Gasteiger partial charge in [0, 0.05) is 37.2 Å². The SMILES string of the molecule is CC1(C(=O)O)CCCN(c2cccc(SNc3ccc(C(F)(F)F)c(-c4ccccc4CCO)n3)n2)C1. The zero-order chi connectivity index (χ0) is 26.6. The molecule has 3 heterocycles. The number of aliphatic hydroxyl groups excluding tert-OH is 1. The van der Waals surface area contributed by atoms with Crippen LogP contribution in [0.15, 0.2) is 59.6 Å². The molecule has 0 bridgehead atoms. The number of benzene rings is 1. The van der Waals surface area contributed by atoms with Crippen molar-refractivity contribution in [1.29, 1.82) is 0 Å². The van der Waals surface area contributed by atoms with Gasteiger partial charge in [-0.2, -0.15) is 13.2 Å². The molecule has 1 atom stereocenters. The summed E-state index contributed by atoms with van der Waals surface area (Å²) in [6.07, 6.45) is -3.07. The van der Waals surface area contributed by atoms with Crippen molar-refractivity contribution < 1.29 is 28.2 Å². The zero-order valence-electron chi connectivity index (χ0n) is 20.1. The van der Waals surface area contributed by atoms with Gasteiger partial charge in [-0.05, 0) is 56.0 Å². The second-order valence-corrected chi connectivity index (χ2v) is 9.98. The molecule has 1 aliphatic rings. The Morgan fingerprint density at radius 3 is 2.65 bits per heavy atom. The van der Waals surface area contributed by atoms with E-state index in [1.165, 1.54) is 6.07 Å². The highest BCUT2D eigenvalue weighted by Crippen LogP contribution is 2.38. The first kappa shape index (κ1) is 26.7. The predicted octanol–water partition coefficient (Wildman–Crippen LogP) is 5.51. The van der Waals surface area contributed by atoms with Gasteiger partial charge in [0.25, 0.3) is 0 Å². The normalized spacial score (nSPS) is 18.0. The van der Waals surface area contributed by atoms with E-state index < -0.39 is 23.1 Å². The van der Waals surface area contributed by atoms with Gasteiger partial charge in [-0.15, -0.1) is 0 Å². The molecule has 7 nitrogen and oxygen atoms in total. The van der Waals surface area contributed by atoms with E-state index in [9.17, 15) is 28.2 Å². The van der Waals surface area contributed by atoms with Crippen LogP contribution in [0.5, 0.6) is 0 Å². The summed E-state index contributed by atoms with van der Waals surface area (Å²) in [6.45, 7) is 2.56. The monoisotopic (exact) mass is 532 g/mol. The Hall–Kier alpha value is -3.31. The van der Waals surface area contributed by atoms with Gasteiger partial charge in [-0.3, -0.25) is 4.79 Å². The molecule has 4 rings (SSSR count). The largest absolute Gasteiger partial charge is 0.481 e. The highest BCUT2D eigenvalue weighted by atomic mass is 32.2. The summed E-state index contributed by atoms with van der Waals surface area (Å²) < 4.78 is 44.4. The first-order valence-electron chi connectivity index (χ1n) is 11.8. The molecule has 1 fully saturated rings. The quantitative estimate of drug-likeness (QED) is 0.327. The second kappa shape index (κ2) is 11.0. The van der Waals surface area contributed by atoms with Gasteiger partial charge in [0.15, 0.2) is 0 Å². The van der Waals surface area contributed by atoms with E-state index >= 15 is 0 Å². The van der Waals surface area contributed by atoms with E-state index in [0.717, 1.165) is 24.4 Å². The molecular formula is C26H27F3N4O3S. The molecule has 3 aromatic rings. The van der Waals surface area contributed by atoms with Crippen LogP contribution in [0.1, 0.15) is 30.9 Å². The number of hydrogen-bond donors (Lipinski definition) is 3. The number of aliphatic hydroxyl groups is 1. The van der Waals surface area contributed by atoms with Crippen molar-refractivity contribution in [1.82, 2.24) is 9.97 Å². The Bertz CT molecular complexity index is 1270. The lowest BCUT2D eigenvalue weighted by Crippen LogP contribution is -2.46. The lowest BCUT2D eigenvalue weighted by atomic mass is 9.82. The van der Waals surface area contributed by atoms with Gasteiger partial charge in [0.1, 0.15) is 16.7 Å². The Morgan fingerprint density at radius 2 is 1.92 bits per heavy atom. The topological polar surface area (TPSA) is 98.6 Å². The molecule has 196 valence electrons. The van der Waals surface area contributed by atoms with Crippen LogP contribution >= 0.6 is 11.9 Å². The summed E-state index contributed by atoms with van der Waals surface area (Å²) in [5, 5.41) is 19.5. The fraction of sp³-hybridized carbons (Fsp3) is 0.346. The molecular weight excluding hydrogens is 505 g/mol. The molecule has 2 aromatic heterocycles. The van der Waals surface area contributed by atoms with Gasteiger partial charge in [-0.1, -0.05) is 30.3 Å². The summed E-state index contributed by atoms with van der Waals surface area (Å²) in [7, 11) is 0. The third-order valence-corrected chi connectivity index (χ3v) is 7.11. The van der Waals surface area contributed by atoms with Crippen LogP contribution in [0.25, 0.3) is 11.3 Å². The van der Waals surface area contributed by atoms with Gasteiger partial charge < -0.3 is 19.8 Å². The number of anilines is 2. The number of rotatable bonds is 8. The molecule has 0 saturated carbocycles. The molecule has 37 heavy (non-hydrogen) atoms. The lowest BCUT2D eigenvalue weighted by molar-refractivity contribution is -0.148. The second-order valence-electron chi connectivity index (χ2n) is 9.15. The molecule has 0 spiro atoms. The average Bonchev–Trinajstić information content (AvgIpc) is 2.87. The number of aromatic nitrogens is 2. The van der Waals surface area contributed by atoms with Gasteiger partial charge in [-0.25, -0.2) is 9.97 Å². The molecule has 1 aromatic carbocycles. The molecule has 1 saturated heterocycles. The Labute approximate surface area is 216 Å². The predicted molar refractivity (Wildman–Crippen MR) is 136 cm³/mol. The molecule has 0 radical (unpaired) electrons. The number of piperidine rings is 1. The van der Waals surface area contributed by atoms with Crippen molar-refractivity contribution in [3.63, 3.8) is 0 Å². The van der Waals surface area contributed by atoms with Crippen LogP contribution in [0.3, 0.4) is 0 Å². The molecule has 1 unspecified atom stereocenters. The number of carbonyl (C=O) groups is 1. The maximum Gasteiger partial charge on any atom is 0.418 e. The van der Waals surface area contributed by atoms with Crippen LogP contribution in [-0.4, -0.2) is 45.8 Å². The molecule has 11 heteroatoms. The average molecular weight is 533 g/mol. The first-order chi connectivity index (χ1) is 17.6. The minimum atomic E-state index is -4.60. The van der Waals surface area contributed by atoms with E-state index in [4.69, 9.17) is 0 Å². The minimum absolute atomic E-state index is 0.198. The van der Waals surface area contributed by atoms with Crippen LogP contribution in [-0.2, 0) is 17.4 Å². The Kier molecular flexibility index (Phi) is 7.93. The number of carboxylic acid groups (broad SMARTS) is 1. The number of nitrogens with zero attached hydrogens (tertiary/aromatic N) is 3. The number of halogens is 3. The number of aliphatic carboxylic acids is 1. The van der Waals surface area contributed by atoms with E-state index in [1.54, 1.807) is 43.3 Å². The minimum Gasteiger partial charge on any atom is -0.481 e. The van der Waals surface area contributed by atoms with E-state index in [1.807, 2.05) is 11.0 Å². The first-order valence-corrected chi connectivity index (χ1v) is 12.6. The molecule has 0 amide bonds. The fourth-order valence-corrected chi connectivity index (χ4v) is 5.00. The number of hydrogen-bond acceptors (Lipinski definition) is 7. The van der Waals surface area contributed by atoms with Gasteiger partial charge in [0.05, 0.1) is 16.7 Å². The number of carboxylic acids is 1. The van der Waals surface area contributed by atoms with E-state index in [2.05, 4.69) is 14.7 Å². The van der Waals surface area contributed by atoms with Gasteiger partial charge >= 0.3 is 12.1 Å². The van der Waals surface area contributed by atoms with Crippen LogP contribution in [0.2, 0.25) is 0 Å². The van der Waals surface area contributed by atoms with Crippen LogP contribution < -0.4 is 9.62 Å². The van der Waals surface area contributed by atoms with E-state index in [-0.39, 0.29) is 24.5 Å². The summed E-state index contributed by atoms with van der Waals surface area (Å²) in [5.41, 5.74) is -1.06. The lowest BCUT2D eigenvalue weighted by Gasteiger charge is -2.38. The van der Waals surface area contributed by atoms with Crippen molar-refractivity contribution in [2.75, 3.05) is 29.3 Å². The van der Waals surface area contributed by atoms with Crippen molar-refractivity contribution in [2.45, 2.75) is 37.4 Å². The van der Waals surface area contributed by atoms with Crippen LogP contribution in [0, 0.1) is 5.41 Å². The smallest absolute Gasteiger partial charge is 0.418 e. The molecule has 1 aliphatic heterocycles. The maximum absolute atomic E-state index is 13.8. The van der Waals surface area contributed by atoms with Crippen molar-refractivity contribution in [3.8, 4) is 11.3 Å². The van der Waals surface area contributed by atoms with Gasteiger partial charge in [0.2, 0.25) is 0 Å². The van der Waals surface area contributed by atoms with Crippen molar-refractivity contribution >= 4 is 29.6 Å². The third kappa shape index (κ3) is 6.16. The van der Waals surface area contributed by atoms with Crippen molar-refractivity contribution in [2.24, 2.45) is 5.41 Å². The summed E-state index contributed by atoms with van der Waals surface area (Å²) in [5.74, 6) is 0.0162. The highest BCUT2D eigenvalue weighted by Gasteiger charge is 2.38. The third-order valence-electron chi connectivity index (χ3n) is 6.36. The number of nitrogens with one attached hydrogen (secondary N) is 1. The van der Waals surface area contributed by atoms with E-state index in [0.29, 0.717) is 41.5 Å². The molecule has 0 aliphatic carbocycles. The fourth-order valence-electron chi connectivity index (χ4n) is 4.39. The summed E-state index contributed by atoms with van der Waals surface area (Å²) in [4.78, 5) is 22.5. The molecule has 3 N–H and O–H groups in total.